The molecule has 3 unspecified atom stereocenters. The maximum Gasteiger partial charge on any atom is 0.326 e. The van der Waals surface area contributed by atoms with Crippen molar-refractivity contribution in [3.8, 4) is 5.75 Å². The normalized spacial score (nSPS) is 26.8. The van der Waals surface area contributed by atoms with Crippen LogP contribution in [0.3, 0.4) is 0 Å². The van der Waals surface area contributed by atoms with E-state index in [0.717, 1.165) is 19.3 Å². The molecule has 2 fully saturated rings. The van der Waals surface area contributed by atoms with Gasteiger partial charge in [-0.3, -0.25) is 4.79 Å². The third-order valence-electron chi connectivity index (χ3n) is 4.80. The second-order valence-corrected chi connectivity index (χ2v) is 6.35. The van der Waals surface area contributed by atoms with Crippen molar-refractivity contribution in [2.24, 2.45) is 11.8 Å². The maximum absolute atomic E-state index is 12.7. The Kier molecular flexibility index (Phi) is 4.00. The van der Waals surface area contributed by atoms with E-state index < -0.39 is 12.0 Å². The van der Waals surface area contributed by atoms with Gasteiger partial charge in [0, 0.05) is 12.1 Å². The summed E-state index contributed by atoms with van der Waals surface area (Å²) < 4.78 is 5.13. The van der Waals surface area contributed by atoms with Crippen molar-refractivity contribution in [3.63, 3.8) is 0 Å². The van der Waals surface area contributed by atoms with Gasteiger partial charge < -0.3 is 14.7 Å². The highest BCUT2D eigenvalue weighted by molar-refractivity contribution is 6.32. The van der Waals surface area contributed by atoms with Gasteiger partial charge in [0.1, 0.15) is 11.8 Å². The zero-order chi connectivity index (χ0) is 15.9. The summed E-state index contributed by atoms with van der Waals surface area (Å²) in [6.45, 7) is 0.519. The molecule has 0 bridgehead atoms. The molecular weight excluding hydrogens is 306 g/mol. The zero-order valence-corrected chi connectivity index (χ0v) is 13.0. The summed E-state index contributed by atoms with van der Waals surface area (Å²) in [5, 5.41) is 9.95. The van der Waals surface area contributed by atoms with Gasteiger partial charge in [-0.15, -0.1) is 0 Å². The average molecular weight is 324 g/mol. The van der Waals surface area contributed by atoms with Crippen LogP contribution in [-0.2, 0) is 4.79 Å². The highest BCUT2D eigenvalue weighted by Gasteiger charge is 2.49. The van der Waals surface area contributed by atoms with Crippen LogP contribution in [0.2, 0.25) is 5.02 Å². The Morgan fingerprint density at radius 1 is 1.36 bits per heavy atom. The molecule has 1 aromatic rings. The number of carbonyl (C=O) groups excluding carboxylic acids is 1. The predicted molar refractivity (Wildman–Crippen MR) is 81.3 cm³/mol. The topological polar surface area (TPSA) is 66.8 Å². The summed E-state index contributed by atoms with van der Waals surface area (Å²) in [5.74, 6) is -0.380. The highest BCUT2D eigenvalue weighted by atomic mass is 35.5. The lowest BCUT2D eigenvalue weighted by Gasteiger charge is -2.24. The average Bonchev–Trinajstić information content (AvgIpc) is 3.06. The van der Waals surface area contributed by atoms with Gasteiger partial charge in [-0.05, 0) is 42.9 Å². The van der Waals surface area contributed by atoms with Gasteiger partial charge in [-0.2, -0.15) is 0 Å². The summed E-state index contributed by atoms with van der Waals surface area (Å²) in [5.41, 5.74) is 0.410. The van der Waals surface area contributed by atoms with Crippen LogP contribution in [0.1, 0.15) is 29.6 Å². The first-order valence-corrected chi connectivity index (χ1v) is 7.78. The van der Waals surface area contributed by atoms with E-state index in [4.69, 9.17) is 16.3 Å². The number of rotatable bonds is 3. The van der Waals surface area contributed by atoms with Crippen LogP contribution in [0.4, 0.5) is 0 Å². The number of hydrogen-bond acceptors (Lipinski definition) is 3. The Morgan fingerprint density at radius 2 is 2.14 bits per heavy atom. The number of halogens is 1. The van der Waals surface area contributed by atoms with E-state index >= 15 is 0 Å². The van der Waals surface area contributed by atoms with E-state index in [1.165, 1.54) is 12.0 Å². The Hall–Kier alpha value is -1.75. The number of hydrogen-bond donors (Lipinski definition) is 1. The fraction of sp³-hybridized carbons (Fsp3) is 0.500. The molecule has 1 N–H and O–H groups in total. The second-order valence-electron chi connectivity index (χ2n) is 5.94. The second kappa shape index (κ2) is 5.80. The van der Waals surface area contributed by atoms with Crippen LogP contribution in [-0.4, -0.2) is 41.6 Å². The number of methoxy groups -OCH3 is 1. The number of aliphatic carboxylic acids is 1. The number of ether oxygens (including phenoxy) is 1. The summed E-state index contributed by atoms with van der Waals surface area (Å²) in [7, 11) is 1.48. The van der Waals surface area contributed by atoms with Gasteiger partial charge in [0.05, 0.1) is 12.1 Å². The smallest absolute Gasteiger partial charge is 0.326 e. The molecule has 3 rings (SSSR count). The molecule has 0 spiro atoms. The van der Waals surface area contributed by atoms with Gasteiger partial charge in [0.25, 0.3) is 5.91 Å². The lowest BCUT2D eigenvalue weighted by Crippen LogP contribution is -2.43. The molecule has 3 atom stereocenters. The van der Waals surface area contributed by atoms with Crippen LogP contribution >= 0.6 is 11.6 Å². The van der Waals surface area contributed by atoms with Crippen molar-refractivity contribution >= 4 is 23.5 Å². The molecule has 1 saturated heterocycles. The molecule has 2 aliphatic rings. The molecule has 0 radical (unpaired) electrons. The van der Waals surface area contributed by atoms with E-state index in [0.29, 0.717) is 28.8 Å². The van der Waals surface area contributed by atoms with E-state index in [9.17, 15) is 14.7 Å². The first-order chi connectivity index (χ1) is 10.5. The molecule has 1 amide bonds. The largest absolute Gasteiger partial charge is 0.495 e. The molecule has 1 aliphatic carbocycles. The van der Waals surface area contributed by atoms with Crippen LogP contribution in [0.15, 0.2) is 18.2 Å². The van der Waals surface area contributed by atoms with Gasteiger partial charge >= 0.3 is 5.97 Å². The van der Waals surface area contributed by atoms with Crippen molar-refractivity contribution < 1.29 is 19.4 Å². The van der Waals surface area contributed by atoms with Crippen molar-refractivity contribution in [2.75, 3.05) is 13.7 Å². The van der Waals surface area contributed by atoms with Crippen LogP contribution in [0.5, 0.6) is 5.75 Å². The third kappa shape index (κ3) is 2.43. The van der Waals surface area contributed by atoms with Gasteiger partial charge in [0.15, 0.2) is 0 Å². The number of amides is 1. The minimum absolute atomic E-state index is 0.0793. The minimum Gasteiger partial charge on any atom is -0.495 e. The zero-order valence-electron chi connectivity index (χ0n) is 12.3. The first-order valence-electron chi connectivity index (χ1n) is 7.40. The molecular formula is C16H18ClNO4. The highest BCUT2D eigenvalue weighted by Crippen LogP contribution is 2.43. The number of benzene rings is 1. The quantitative estimate of drug-likeness (QED) is 0.928. The van der Waals surface area contributed by atoms with E-state index in [1.54, 1.807) is 18.2 Å². The number of nitrogens with zero attached hydrogens (tertiary/aromatic N) is 1. The lowest BCUT2D eigenvalue weighted by atomic mass is 9.94. The standard InChI is InChI=1S/C16H18ClNO4/c1-22-13-7-9(5-6-12(13)17)15(19)18-8-10-3-2-4-11(10)14(18)16(20)21/h5-7,10-11,14H,2-4,8H2,1H3,(H,20,21). The van der Waals surface area contributed by atoms with Gasteiger partial charge in [-0.25, -0.2) is 4.79 Å². The van der Waals surface area contributed by atoms with Crippen molar-refractivity contribution in [1.82, 2.24) is 4.90 Å². The molecule has 1 aromatic carbocycles. The number of carbonyl (C=O) groups is 2. The first kappa shape index (κ1) is 15.2. The number of fused-ring (bicyclic) bond motifs is 1. The Labute approximate surface area is 133 Å². The van der Waals surface area contributed by atoms with Crippen molar-refractivity contribution in [2.45, 2.75) is 25.3 Å². The summed E-state index contributed by atoms with van der Waals surface area (Å²) in [4.78, 5) is 25.9. The molecule has 22 heavy (non-hydrogen) atoms. The van der Waals surface area contributed by atoms with Gasteiger partial charge in [-0.1, -0.05) is 18.0 Å². The number of likely N-dealkylation sites (tertiary alicyclic amines) is 1. The Morgan fingerprint density at radius 3 is 2.82 bits per heavy atom. The van der Waals surface area contributed by atoms with Gasteiger partial charge in [0.2, 0.25) is 0 Å². The fourth-order valence-electron chi connectivity index (χ4n) is 3.79. The summed E-state index contributed by atoms with van der Waals surface area (Å²) in [6.07, 6.45) is 2.94. The van der Waals surface area contributed by atoms with E-state index in [-0.39, 0.29) is 11.8 Å². The predicted octanol–water partition coefficient (Wildman–Crippen LogP) is 2.67. The molecule has 118 valence electrons. The monoisotopic (exact) mass is 323 g/mol. The summed E-state index contributed by atoms with van der Waals surface area (Å²) >= 11 is 5.97. The maximum atomic E-state index is 12.7. The molecule has 1 aliphatic heterocycles. The number of carboxylic acid groups (broad SMARTS) is 1. The van der Waals surface area contributed by atoms with Crippen LogP contribution < -0.4 is 4.74 Å². The minimum atomic E-state index is -0.913. The molecule has 5 nitrogen and oxygen atoms in total. The molecule has 1 saturated carbocycles. The van der Waals surface area contributed by atoms with Crippen LogP contribution in [0.25, 0.3) is 0 Å². The van der Waals surface area contributed by atoms with Crippen molar-refractivity contribution in [1.29, 1.82) is 0 Å². The Bertz CT molecular complexity index is 618. The Balaban J connectivity index is 1.89. The molecule has 0 aromatic heterocycles. The van der Waals surface area contributed by atoms with E-state index in [1.807, 2.05) is 0 Å². The van der Waals surface area contributed by atoms with Crippen molar-refractivity contribution in [3.05, 3.63) is 28.8 Å². The molecule has 6 heteroatoms. The fourth-order valence-corrected chi connectivity index (χ4v) is 3.98. The molecule has 1 heterocycles. The van der Waals surface area contributed by atoms with Crippen LogP contribution in [0, 0.1) is 11.8 Å². The number of carboxylic acids is 1. The lowest BCUT2D eigenvalue weighted by molar-refractivity contribution is -0.142. The SMILES string of the molecule is COc1cc(C(=O)N2CC3CCCC3C2C(=O)O)ccc1Cl. The third-order valence-corrected chi connectivity index (χ3v) is 5.11. The summed E-state index contributed by atoms with van der Waals surface area (Å²) in [6, 6.07) is 4.06. The van der Waals surface area contributed by atoms with E-state index in [2.05, 4.69) is 0 Å².